The van der Waals surface area contributed by atoms with Crippen LogP contribution in [0, 0.1) is 5.82 Å². The first kappa shape index (κ1) is 14.4. The molecule has 21 heavy (non-hydrogen) atoms. The summed E-state index contributed by atoms with van der Waals surface area (Å²) in [6.45, 7) is 0.496. The lowest BCUT2D eigenvalue weighted by molar-refractivity contribution is 0.417. The molecule has 0 amide bonds. The highest BCUT2D eigenvalue weighted by Crippen LogP contribution is 2.32. The van der Waals surface area contributed by atoms with Crippen LogP contribution in [0.1, 0.15) is 17.5 Å². The van der Waals surface area contributed by atoms with Crippen molar-refractivity contribution in [2.45, 2.75) is 24.8 Å². The van der Waals surface area contributed by atoms with Crippen molar-refractivity contribution < 1.29 is 4.39 Å². The van der Waals surface area contributed by atoms with Crippen LogP contribution >= 0.6 is 11.6 Å². The van der Waals surface area contributed by atoms with E-state index in [2.05, 4.69) is 23.5 Å². The molecule has 1 aliphatic rings. The molecule has 0 bridgehead atoms. The molecule has 2 nitrogen and oxygen atoms in total. The van der Waals surface area contributed by atoms with Crippen molar-refractivity contribution in [3.63, 3.8) is 0 Å². The minimum atomic E-state index is -0.339. The highest BCUT2D eigenvalue weighted by atomic mass is 35.5. The van der Waals surface area contributed by atoms with E-state index < -0.39 is 0 Å². The lowest BCUT2D eigenvalue weighted by Crippen LogP contribution is -2.49. The lowest BCUT2D eigenvalue weighted by Gasteiger charge is -2.39. The second kappa shape index (κ2) is 5.66. The van der Waals surface area contributed by atoms with Gasteiger partial charge in [0.1, 0.15) is 5.82 Å². The third-order valence-electron chi connectivity index (χ3n) is 4.18. The van der Waals surface area contributed by atoms with Crippen LogP contribution in [0.15, 0.2) is 42.5 Å². The van der Waals surface area contributed by atoms with Crippen LogP contribution in [-0.2, 0) is 12.8 Å². The molecule has 0 saturated carbocycles. The van der Waals surface area contributed by atoms with Crippen LogP contribution in [-0.4, -0.2) is 12.1 Å². The molecule has 2 aromatic rings. The number of rotatable bonds is 3. The van der Waals surface area contributed by atoms with Gasteiger partial charge in [-0.2, -0.15) is 0 Å². The van der Waals surface area contributed by atoms with Crippen LogP contribution in [0.2, 0.25) is 5.02 Å². The van der Waals surface area contributed by atoms with Gasteiger partial charge in [-0.05, 0) is 48.6 Å². The number of nitrogens with one attached hydrogen (secondary N) is 1. The molecule has 0 radical (unpaired) electrons. The summed E-state index contributed by atoms with van der Waals surface area (Å²) >= 11 is 5.93. The van der Waals surface area contributed by atoms with E-state index in [4.69, 9.17) is 17.3 Å². The Morgan fingerprint density at radius 1 is 1.19 bits per heavy atom. The minimum Gasteiger partial charge on any atom is -0.378 e. The predicted octanol–water partition coefficient (Wildman–Crippen LogP) is 3.78. The zero-order valence-corrected chi connectivity index (χ0v) is 12.5. The third-order valence-corrected chi connectivity index (χ3v) is 4.40. The fourth-order valence-corrected chi connectivity index (χ4v) is 3.29. The maximum absolute atomic E-state index is 13.5. The molecule has 1 atom stereocenters. The number of halogens is 2. The third kappa shape index (κ3) is 3.04. The predicted molar refractivity (Wildman–Crippen MR) is 85.3 cm³/mol. The molecule has 0 heterocycles. The van der Waals surface area contributed by atoms with Crippen LogP contribution in [0.3, 0.4) is 0 Å². The lowest BCUT2D eigenvalue weighted by atomic mass is 9.78. The Hall–Kier alpha value is -1.58. The summed E-state index contributed by atoms with van der Waals surface area (Å²) < 4.78 is 13.5. The van der Waals surface area contributed by atoms with Gasteiger partial charge in [-0.1, -0.05) is 35.9 Å². The first-order chi connectivity index (χ1) is 10.1. The molecular weight excluding hydrogens is 287 g/mol. The Balaban J connectivity index is 1.88. The van der Waals surface area contributed by atoms with Crippen LogP contribution in [0.5, 0.6) is 0 Å². The van der Waals surface area contributed by atoms with E-state index in [0.29, 0.717) is 17.3 Å². The normalized spacial score (nSPS) is 20.9. The standard InChI is InChI=1S/C17H18ClFN2/c18-14-7-15(19)9-16(8-14)21-17(11-20)6-5-12-3-1-2-4-13(12)10-17/h1-4,7-9,21H,5-6,10-11,20H2. The van der Waals surface area contributed by atoms with Crippen molar-refractivity contribution in [2.75, 3.05) is 11.9 Å². The highest BCUT2D eigenvalue weighted by Gasteiger charge is 2.33. The van der Waals surface area contributed by atoms with E-state index in [9.17, 15) is 4.39 Å². The molecule has 0 aromatic heterocycles. The van der Waals surface area contributed by atoms with Gasteiger partial charge in [-0.3, -0.25) is 0 Å². The Labute approximate surface area is 129 Å². The molecule has 2 aromatic carbocycles. The van der Waals surface area contributed by atoms with Crippen LogP contribution < -0.4 is 11.1 Å². The molecule has 110 valence electrons. The molecule has 0 aliphatic heterocycles. The number of anilines is 1. The zero-order valence-electron chi connectivity index (χ0n) is 11.7. The van der Waals surface area contributed by atoms with Crippen molar-refractivity contribution >= 4 is 17.3 Å². The second-order valence-corrected chi connectivity index (χ2v) is 6.15. The number of hydrogen-bond donors (Lipinski definition) is 2. The summed E-state index contributed by atoms with van der Waals surface area (Å²) in [6, 6.07) is 12.9. The van der Waals surface area contributed by atoms with Crippen molar-refractivity contribution in [3.05, 3.63) is 64.4 Å². The van der Waals surface area contributed by atoms with Gasteiger partial charge < -0.3 is 11.1 Å². The largest absolute Gasteiger partial charge is 0.378 e. The summed E-state index contributed by atoms with van der Waals surface area (Å²) in [7, 11) is 0. The van der Waals surface area contributed by atoms with E-state index in [-0.39, 0.29) is 11.4 Å². The van der Waals surface area contributed by atoms with Crippen molar-refractivity contribution in [1.29, 1.82) is 0 Å². The second-order valence-electron chi connectivity index (χ2n) is 5.71. The van der Waals surface area contributed by atoms with E-state index in [1.807, 2.05) is 6.07 Å². The molecular formula is C17H18ClFN2. The average Bonchev–Trinajstić information content (AvgIpc) is 2.46. The number of hydrogen-bond acceptors (Lipinski definition) is 2. The van der Waals surface area contributed by atoms with E-state index in [1.54, 1.807) is 6.07 Å². The van der Waals surface area contributed by atoms with Gasteiger partial charge in [-0.25, -0.2) is 4.39 Å². The average molecular weight is 305 g/mol. The summed E-state index contributed by atoms with van der Waals surface area (Å²) in [5, 5.41) is 3.81. The quantitative estimate of drug-likeness (QED) is 0.905. The highest BCUT2D eigenvalue weighted by molar-refractivity contribution is 6.30. The van der Waals surface area contributed by atoms with Gasteiger partial charge in [0.05, 0.1) is 5.54 Å². The van der Waals surface area contributed by atoms with E-state index in [1.165, 1.54) is 23.3 Å². The molecule has 1 unspecified atom stereocenters. The Morgan fingerprint density at radius 3 is 2.67 bits per heavy atom. The zero-order chi connectivity index (χ0) is 14.9. The Bertz CT molecular complexity index is 639. The molecule has 1 aliphatic carbocycles. The van der Waals surface area contributed by atoms with E-state index >= 15 is 0 Å². The maximum atomic E-state index is 13.5. The van der Waals surface area contributed by atoms with Gasteiger partial charge in [-0.15, -0.1) is 0 Å². The molecule has 0 saturated heterocycles. The van der Waals surface area contributed by atoms with Gasteiger partial charge in [0.15, 0.2) is 0 Å². The van der Waals surface area contributed by atoms with Gasteiger partial charge in [0, 0.05) is 17.3 Å². The summed E-state index contributed by atoms with van der Waals surface area (Å²) in [4.78, 5) is 0. The van der Waals surface area contributed by atoms with Crippen molar-refractivity contribution in [1.82, 2.24) is 0 Å². The molecule has 3 rings (SSSR count). The first-order valence-electron chi connectivity index (χ1n) is 7.11. The summed E-state index contributed by atoms with van der Waals surface area (Å²) in [5.41, 5.74) is 9.16. The summed E-state index contributed by atoms with van der Waals surface area (Å²) in [5.74, 6) is -0.339. The SMILES string of the molecule is NCC1(Nc2cc(F)cc(Cl)c2)CCc2ccccc2C1. The molecule has 3 N–H and O–H groups in total. The molecule has 0 fully saturated rings. The smallest absolute Gasteiger partial charge is 0.126 e. The number of benzene rings is 2. The first-order valence-corrected chi connectivity index (χ1v) is 7.49. The van der Waals surface area contributed by atoms with Gasteiger partial charge in [0.25, 0.3) is 0 Å². The topological polar surface area (TPSA) is 38.0 Å². The molecule has 4 heteroatoms. The van der Waals surface area contributed by atoms with Crippen LogP contribution in [0.4, 0.5) is 10.1 Å². The molecule has 0 spiro atoms. The minimum absolute atomic E-state index is 0.245. The van der Waals surface area contributed by atoms with E-state index in [0.717, 1.165) is 19.3 Å². The number of fused-ring (bicyclic) bond motifs is 1. The Kier molecular flexibility index (Phi) is 3.87. The Morgan fingerprint density at radius 2 is 1.95 bits per heavy atom. The monoisotopic (exact) mass is 304 g/mol. The van der Waals surface area contributed by atoms with Crippen molar-refractivity contribution in [3.8, 4) is 0 Å². The van der Waals surface area contributed by atoms with Gasteiger partial charge >= 0.3 is 0 Å². The fourth-order valence-electron chi connectivity index (χ4n) is 3.06. The van der Waals surface area contributed by atoms with Crippen LogP contribution in [0.25, 0.3) is 0 Å². The number of nitrogens with two attached hydrogens (primary N) is 1. The summed E-state index contributed by atoms with van der Waals surface area (Å²) in [6.07, 6.45) is 2.74. The maximum Gasteiger partial charge on any atom is 0.126 e. The van der Waals surface area contributed by atoms with Gasteiger partial charge in [0.2, 0.25) is 0 Å². The van der Waals surface area contributed by atoms with Crippen molar-refractivity contribution in [2.24, 2.45) is 5.73 Å². The number of aryl methyl sites for hydroxylation is 1. The fraction of sp³-hybridized carbons (Fsp3) is 0.294.